The molecule has 0 N–H and O–H groups in total. The molecule has 0 aromatic rings. The lowest BCUT2D eigenvalue weighted by molar-refractivity contribution is 0.0369. The summed E-state index contributed by atoms with van der Waals surface area (Å²) >= 11 is 1.24. The van der Waals surface area contributed by atoms with Crippen molar-refractivity contribution in [2.45, 2.75) is 78.4 Å². The summed E-state index contributed by atoms with van der Waals surface area (Å²) in [6, 6.07) is 0. The predicted molar refractivity (Wildman–Crippen MR) is 120 cm³/mol. The molecule has 1 aliphatic rings. The second kappa shape index (κ2) is 11.2. The van der Waals surface area contributed by atoms with Crippen molar-refractivity contribution < 1.29 is 19.1 Å². The minimum atomic E-state index is -0.703. The first-order valence-corrected chi connectivity index (χ1v) is 11.6. The van der Waals surface area contributed by atoms with Crippen molar-refractivity contribution in [3.8, 4) is 0 Å². The lowest BCUT2D eigenvalue weighted by atomic mass is 9.92. The summed E-state index contributed by atoms with van der Waals surface area (Å²) in [6.45, 7) is 13.5. The summed E-state index contributed by atoms with van der Waals surface area (Å²) in [5.41, 5.74) is -1.27. The summed E-state index contributed by atoms with van der Waals surface area (Å²) in [4.78, 5) is 32.8. The van der Waals surface area contributed by atoms with Crippen molar-refractivity contribution in [1.82, 2.24) is 9.80 Å². The third kappa shape index (κ3) is 10.9. The molecule has 1 rings (SSSR count). The smallest absolute Gasteiger partial charge is 0.436 e. The van der Waals surface area contributed by atoms with Gasteiger partial charge >= 0.3 is 12.2 Å². The van der Waals surface area contributed by atoms with Crippen LogP contribution < -0.4 is 0 Å². The van der Waals surface area contributed by atoms with Gasteiger partial charge in [-0.3, -0.25) is 4.90 Å². The number of hydrogen-bond acceptors (Lipinski definition) is 6. The van der Waals surface area contributed by atoms with Gasteiger partial charge in [0.15, 0.2) is 5.17 Å². The van der Waals surface area contributed by atoms with Gasteiger partial charge in [0.2, 0.25) is 0 Å². The van der Waals surface area contributed by atoms with Gasteiger partial charge in [0, 0.05) is 6.54 Å². The molecule has 1 heterocycles. The molecule has 29 heavy (non-hydrogen) atoms. The van der Waals surface area contributed by atoms with Gasteiger partial charge in [-0.15, -0.1) is 0 Å². The summed E-state index contributed by atoms with van der Waals surface area (Å²) < 4.78 is 10.8. The van der Waals surface area contributed by atoms with Crippen LogP contribution in [-0.4, -0.2) is 71.3 Å². The van der Waals surface area contributed by atoms with E-state index in [0.29, 0.717) is 17.6 Å². The van der Waals surface area contributed by atoms with Gasteiger partial charge in [-0.05, 0) is 99.5 Å². The number of hydrogen-bond donors (Lipinski definition) is 0. The Morgan fingerprint density at radius 3 is 2.10 bits per heavy atom. The Balaban J connectivity index is 2.84. The van der Waals surface area contributed by atoms with Gasteiger partial charge in [0.25, 0.3) is 0 Å². The van der Waals surface area contributed by atoms with E-state index >= 15 is 0 Å². The Morgan fingerprint density at radius 2 is 1.62 bits per heavy atom. The van der Waals surface area contributed by atoms with E-state index in [1.54, 1.807) is 27.0 Å². The average molecular weight is 430 g/mol. The van der Waals surface area contributed by atoms with Gasteiger partial charge in [-0.2, -0.15) is 4.99 Å². The lowest BCUT2D eigenvalue weighted by Gasteiger charge is -2.30. The predicted octanol–water partition coefficient (Wildman–Crippen LogP) is 5.00. The number of ether oxygens (including phenoxy) is 2. The third-order valence-electron chi connectivity index (χ3n) is 4.44. The van der Waals surface area contributed by atoms with Crippen LogP contribution in [0.3, 0.4) is 0 Å². The molecule has 0 atom stereocenters. The zero-order valence-corrected chi connectivity index (χ0v) is 20.2. The number of amides is 2. The van der Waals surface area contributed by atoms with Crippen molar-refractivity contribution >= 4 is 29.1 Å². The third-order valence-corrected chi connectivity index (χ3v) is 5.12. The number of aliphatic imine (C=N–C) groups is 1. The number of carbonyl (C=O) groups is 2. The Labute approximate surface area is 180 Å². The SMILES string of the molecule is CS/C(=N/C(=O)OC(C)(C)C)N(CCCC1CCN(C)CC1)C(=O)OC(C)(C)C. The highest BCUT2D eigenvalue weighted by atomic mass is 32.2. The van der Waals surface area contributed by atoms with Crippen LogP contribution >= 0.6 is 11.8 Å². The molecule has 0 radical (unpaired) electrons. The molecular formula is C21H39N3O4S. The minimum Gasteiger partial charge on any atom is -0.443 e. The van der Waals surface area contributed by atoms with E-state index < -0.39 is 23.4 Å². The Hall–Kier alpha value is -1.28. The van der Waals surface area contributed by atoms with E-state index in [2.05, 4.69) is 16.9 Å². The summed E-state index contributed by atoms with van der Waals surface area (Å²) in [5, 5.41) is 0.303. The summed E-state index contributed by atoms with van der Waals surface area (Å²) in [7, 11) is 2.15. The standard InChI is InChI=1S/C21H39N3O4S/c1-20(2,3)27-18(25)22-17(29-8)24(19(26)28-21(4,5)6)13-9-10-16-11-14-23(7)15-12-16/h16H,9-15H2,1-8H3/b22-17+. The van der Waals surface area contributed by atoms with Gasteiger partial charge in [0.1, 0.15) is 11.2 Å². The van der Waals surface area contributed by atoms with Gasteiger partial charge in [-0.25, -0.2) is 9.59 Å². The van der Waals surface area contributed by atoms with Crippen LogP contribution in [0.15, 0.2) is 4.99 Å². The van der Waals surface area contributed by atoms with E-state index in [1.165, 1.54) is 29.5 Å². The molecule has 1 fully saturated rings. The van der Waals surface area contributed by atoms with Crippen molar-refractivity contribution in [3.05, 3.63) is 0 Å². The maximum Gasteiger partial charge on any atom is 0.436 e. The monoisotopic (exact) mass is 429 g/mol. The molecule has 0 aliphatic carbocycles. The fourth-order valence-corrected chi connectivity index (χ4v) is 3.60. The molecule has 168 valence electrons. The Bertz CT molecular complexity index is 573. The maximum absolute atomic E-state index is 12.8. The number of amidine groups is 1. The average Bonchev–Trinajstić information content (AvgIpc) is 2.55. The van der Waals surface area contributed by atoms with Crippen molar-refractivity contribution in [2.24, 2.45) is 10.9 Å². The first-order valence-electron chi connectivity index (χ1n) is 10.4. The fraction of sp³-hybridized carbons (Fsp3) is 0.857. The highest BCUT2D eigenvalue weighted by Gasteiger charge is 2.27. The van der Waals surface area contributed by atoms with E-state index in [9.17, 15) is 9.59 Å². The number of likely N-dealkylation sites (tertiary alicyclic amines) is 1. The minimum absolute atomic E-state index is 0.303. The van der Waals surface area contributed by atoms with Crippen LogP contribution in [0.4, 0.5) is 9.59 Å². The highest BCUT2D eigenvalue weighted by molar-refractivity contribution is 8.13. The van der Waals surface area contributed by atoms with Crippen LogP contribution in [0.1, 0.15) is 67.2 Å². The topological polar surface area (TPSA) is 71.4 Å². The number of thioether (sulfide) groups is 1. The molecule has 1 aliphatic heterocycles. The van der Waals surface area contributed by atoms with Crippen LogP contribution in [0.25, 0.3) is 0 Å². The molecule has 0 spiro atoms. The molecule has 2 amide bonds. The second-order valence-corrected chi connectivity index (χ2v) is 10.4. The molecule has 8 heteroatoms. The number of piperidine rings is 1. The lowest BCUT2D eigenvalue weighted by Crippen LogP contribution is -2.41. The van der Waals surface area contributed by atoms with Crippen molar-refractivity contribution in [3.63, 3.8) is 0 Å². The van der Waals surface area contributed by atoms with Gasteiger partial charge < -0.3 is 14.4 Å². The van der Waals surface area contributed by atoms with Gasteiger partial charge in [-0.1, -0.05) is 11.8 Å². The number of nitrogens with zero attached hydrogens (tertiary/aromatic N) is 3. The summed E-state index contributed by atoms with van der Waals surface area (Å²) in [5.74, 6) is 0.673. The fourth-order valence-electron chi connectivity index (χ4n) is 3.05. The molecule has 0 unspecified atom stereocenters. The first-order chi connectivity index (χ1) is 13.3. The van der Waals surface area contributed by atoms with Crippen LogP contribution in [0.5, 0.6) is 0 Å². The van der Waals surface area contributed by atoms with Crippen LogP contribution in [-0.2, 0) is 9.47 Å². The zero-order valence-electron chi connectivity index (χ0n) is 19.4. The molecule has 0 bridgehead atoms. The summed E-state index contributed by atoms with van der Waals surface area (Å²) in [6.07, 6.45) is 4.85. The zero-order chi connectivity index (χ0) is 22.2. The molecule has 7 nitrogen and oxygen atoms in total. The quantitative estimate of drug-likeness (QED) is 0.463. The maximum atomic E-state index is 12.8. The van der Waals surface area contributed by atoms with E-state index in [1.807, 2.05) is 20.8 Å². The molecule has 0 aromatic heterocycles. The van der Waals surface area contributed by atoms with Crippen LogP contribution in [0, 0.1) is 5.92 Å². The van der Waals surface area contributed by atoms with E-state index in [4.69, 9.17) is 9.47 Å². The molecule has 1 saturated heterocycles. The van der Waals surface area contributed by atoms with E-state index in [0.717, 1.165) is 25.9 Å². The number of carbonyl (C=O) groups excluding carboxylic acids is 2. The van der Waals surface area contributed by atoms with Crippen LogP contribution in [0.2, 0.25) is 0 Å². The second-order valence-electron chi connectivity index (χ2n) is 9.60. The molecule has 0 saturated carbocycles. The van der Waals surface area contributed by atoms with Crippen molar-refractivity contribution in [2.75, 3.05) is 32.9 Å². The Morgan fingerprint density at radius 1 is 1.07 bits per heavy atom. The van der Waals surface area contributed by atoms with Crippen molar-refractivity contribution in [1.29, 1.82) is 0 Å². The molecular weight excluding hydrogens is 390 g/mol. The molecule has 0 aromatic carbocycles. The first kappa shape index (κ1) is 25.8. The largest absolute Gasteiger partial charge is 0.443 e. The van der Waals surface area contributed by atoms with Gasteiger partial charge in [0.05, 0.1) is 0 Å². The number of rotatable bonds is 4. The Kier molecular flexibility index (Phi) is 9.95. The highest BCUT2D eigenvalue weighted by Crippen LogP contribution is 2.22. The van der Waals surface area contributed by atoms with E-state index in [-0.39, 0.29) is 0 Å². The normalized spacial score (nSPS) is 17.2.